The van der Waals surface area contributed by atoms with Crippen LogP contribution in [0.5, 0.6) is 0 Å². The summed E-state index contributed by atoms with van der Waals surface area (Å²) in [6.07, 6.45) is 59.3. The lowest BCUT2D eigenvalue weighted by Crippen LogP contribution is -2.30. The SMILES string of the molecule is CC\C=C/C=C\C=C/CCCCCCCC(=O)OC(COC(=O)C/C=C\C/C=C\C/C=C\CC)COC(=O)CCCCCCCCCCCCCCCCCCCCC. The van der Waals surface area contributed by atoms with Crippen molar-refractivity contribution in [2.45, 2.75) is 232 Å². The van der Waals surface area contributed by atoms with Gasteiger partial charge in [0, 0.05) is 12.8 Å². The van der Waals surface area contributed by atoms with Gasteiger partial charge in [-0.15, -0.1) is 0 Å². The largest absolute Gasteiger partial charge is 0.462 e. The summed E-state index contributed by atoms with van der Waals surface area (Å²) in [5.74, 6) is -1.06. The number of carbonyl (C=O) groups excluding carboxylic acids is 3. The van der Waals surface area contributed by atoms with Crippen LogP contribution in [0.1, 0.15) is 226 Å². The Balaban J connectivity index is 4.34. The summed E-state index contributed by atoms with van der Waals surface area (Å²) in [6, 6.07) is 0. The summed E-state index contributed by atoms with van der Waals surface area (Å²) in [5, 5.41) is 0. The highest BCUT2D eigenvalue weighted by molar-refractivity contribution is 5.72. The predicted molar refractivity (Wildman–Crippen MR) is 251 cm³/mol. The van der Waals surface area contributed by atoms with Gasteiger partial charge in [-0.25, -0.2) is 0 Å². The smallest absolute Gasteiger partial charge is 0.309 e. The van der Waals surface area contributed by atoms with Crippen LogP contribution in [-0.2, 0) is 28.6 Å². The molecule has 0 aliphatic carbocycles. The molecule has 0 fully saturated rings. The highest BCUT2D eigenvalue weighted by atomic mass is 16.6. The fourth-order valence-corrected chi connectivity index (χ4v) is 6.68. The molecule has 0 saturated heterocycles. The number of esters is 3. The molecule has 1 atom stereocenters. The first-order valence-corrected chi connectivity index (χ1v) is 24.5. The summed E-state index contributed by atoms with van der Waals surface area (Å²) in [5.41, 5.74) is 0. The summed E-state index contributed by atoms with van der Waals surface area (Å²) in [7, 11) is 0. The van der Waals surface area contributed by atoms with Gasteiger partial charge in [-0.05, 0) is 51.4 Å². The van der Waals surface area contributed by atoms with Crippen LogP contribution in [0.25, 0.3) is 0 Å². The Morgan fingerprint density at radius 1 is 0.390 bits per heavy atom. The molecule has 0 aliphatic heterocycles. The van der Waals surface area contributed by atoms with Crippen molar-refractivity contribution >= 4 is 17.9 Å². The molecule has 0 saturated carbocycles. The maximum atomic E-state index is 12.7. The Kier molecular flexibility index (Phi) is 45.0. The minimum absolute atomic E-state index is 0.109. The van der Waals surface area contributed by atoms with Gasteiger partial charge in [0.25, 0.3) is 0 Å². The summed E-state index contributed by atoms with van der Waals surface area (Å²) in [6.45, 7) is 6.27. The van der Waals surface area contributed by atoms with E-state index in [4.69, 9.17) is 14.2 Å². The van der Waals surface area contributed by atoms with Crippen molar-refractivity contribution in [3.63, 3.8) is 0 Å². The number of hydrogen-bond acceptors (Lipinski definition) is 6. The first kappa shape index (κ1) is 55.9. The molecule has 59 heavy (non-hydrogen) atoms. The number of hydrogen-bond donors (Lipinski definition) is 0. The molecule has 0 aromatic heterocycles. The molecule has 6 nitrogen and oxygen atoms in total. The third-order valence-corrected chi connectivity index (χ3v) is 10.3. The average Bonchev–Trinajstić information content (AvgIpc) is 3.23. The van der Waals surface area contributed by atoms with Gasteiger partial charge in [-0.1, -0.05) is 229 Å². The molecule has 0 aliphatic rings. The van der Waals surface area contributed by atoms with Crippen molar-refractivity contribution in [1.82, 2.24) is 0 Å². The standard InChI is InChI=1S/C53H90O6/c1-4-7-10-13-16-19-21-23-24-25-26-27-28-30-31-34-37-40-43-46-52(55)58-49-50(48-57-51(54)45-42-39-36-33-18-15-12-9-6-3)59-53(56)47-44-41-38-35-32-29-22-20-17-14-11-8-5-2/h8-9,11-12,14,17-18,20,22,33,39,42,50H,4-7,10,13,15-16,19,21,23-32,34-38,40-41,43-49H2,1-3H3/b11-8-,12-9-,17-14-,22-20-,33-18-,42-39-. The van der Waals surface area contributed by atoms with Crippen LogP contribution in [0.4, 0.5) is 0 Å². The fourth-order valence-electron chi connectivity index (χ4n) is 6.68. The fraction of sp³-hybridized carbons (Fsp3) is 0.717. The molecule has 1 unspecified atom stereocenters. The highest BCUT2D eigenvalue weighted by Gasteiger charge is 2.19. The van der Waals surface area contributed by atoms with Gasteiger partial charge in [0.15, 0.2) is 6.10 Å². The van der Waals surface area contributed by atoms with Gasteiger partial charge in [0.05, 0.1) is 6.42 Å². The topological polar surface area (TPSA) is 78.9 Å². The second-order valence-corrected chi connectivity index (χ2v) is 16.0. The molecular formula is C53H90O6. The van der Waals surface area contributed by atoms with E-state index in [0.29, 0.717) is 6.42 Å². The first-order chi connectivity index (χ1) is 29.0. The molecular weight excluding hydrogens is 733 g/mol. The maximum Gasteiger partial charge on any atom is 0.309 e. The van der Waals surface area contributed by atoms with Crippen molar-refractivity contribution in [3.8, 4) is 0 Å². The molecule has 6 heteroatoms. The zero-order valence-corrected chi connectivity index (χ0v) is 38.5. The van der Waals surface area contributed by atoms with E-state index in [1.54, 1.807) is 6.08 Å². The van der Waals surface area contributed by atoms with E-state index in [-0.39, 0.29) is 38.0 Å². The highest BCUT2D eigenvalue weighted by Crippen LogP contribution is 2.15. The van der Waals surface area contributed by atoms with E-state index in [0.717, 1.165) is 83.5 Å². The number of ether oxygens (including phenoxy) is 3. The van der Waals surface area contributed by atoms with E-state index in [1.807, 2.05) is 12.2 Å². The van der Waals surface area contributed by atoms with Crippen molar-refractivity contribution in [2.75, 3.05) is 13.2 Å². The van der Waals surface area contributed by atoms with Crippen LogP contribution in [0.2, 0.25) is 0 Å². The van der Waals surface area contributed by atoms with Crippen LogP contribution in [0.15, 0.2) is 72.9 Å². The summed E-state index contributed by atoms with van der Waals surface area (Å²) in [4.78, 5) is 37.7. The van der Waals surface area contributed by atoms with Crippen molar-refractivity contribution in [3.05, 3.63) is 72.9 Å². The van der Waals surface area contributed by atoms with Gasteiger partial charge in [0.1, 0.15) is 13.2 Å². The molecule has 0 amide bonds. The van der Waals surface area contributed by atoms with Gasteiger partial charge in [-0.2, -0.15) is 0 Å². The predicted octanol–water partition coefficient (Wildman–Crippen LogP) is 15.9. The Morgan fingerprint density at radius 3 is 1.31 bits per heavy atom. The van der Waals surface area contributed by atoms with Gasteiger partial charge >= 0.3 is 17.9 Å². The lowest BCUT2D eigenvalue weighted by molar-refractivity contribution is -0.166. The molecule has 0 heterocycles. The molecule has 0 spiro atoms. The van der Waals surface area contributed by atoms with E-state index in [2.05, 4.69) is 75.5 Å². The van der Waals surface area contributed by atoms with Crippen LogP contribution in [0.3, 0.4) is 0 Å². The molecule has 0 radical (unpaired) electrons. The monoisotopic (exact) mass is 823 g/mol. The van der Waals surface area contributed by atoms with Gasteiger partial charge in [-0.3, -0.25) is 14.4 Å². The Hall–Kier alpha value is -3.15. The normalized spacial score (nSPS) is 12.7. The minimum atomic E-state index is -0.818. The maximum absolute atomic E-state index is 12.7. The molecule has 338 valence electrons. The third-order valence-electron chi connectivity index (χ3n) is 10.3. The molecule has 0 aromatic carbocycles. The third kappa shape index (κ3) is 45.8. The summed E-state index contributed by atoms with van der Waals surface area (Å²) < 4.78 is 16.6. The molecule has 0 aromatic rings. The Bertz CT molecular complexity index is 1130. The second-order valence-electron chi connectivity index (χ2n) is 16.0. The first-order valence-electron chi connectivity index (χ1n) is 24.5. The van der Waals surface area contributed by atoms with Crippen molar-refractivity contribution < 1.29 is 28.6 Å². The number of unbranched alkanes of at least 4 members (excludes halogenated alkanes) is 23. The quantitative estimate of drug-likeness (QED) is 0.0200. The molecule has 0 bridgehead atoms. The van der Waals surface area contributed by atoms with E-state index in [9.17, 15) is 14.4 Å². The number of rotatable bonds is 43. The Labute approximate surface area is 363 Å². The lowest BCUT2D eigenvalue weighted by Gasteiger charge is -2.18. The number of allylic oxidation sites excluding steroid dienone is 11. The zero-order valence-electron chi connectivity index (χ0n) is 38.5. The van der Waals surface area contributed by atoms with E-state index >= 15 is 0 Å². The molecule has 0 N–H and O–H groups in total. The van der Waals surface area contributed by atoms with Crippen LogP contribution in [-0.4, -0.2) is 37.2 Å². The van der Waals surface area contributed by atoms with Crippen LogP contribution in [0, 0.1) is 0 Å². The second kappa shape index (κ2) is 47.5. The van der Waals surface area contributed by atoms with Crippen molar-refractivity contribution in [1.29, 1.82) is 0 Å². The summed E-state index contributed by atoms with van der Waals surface area (Å²) >= 11 is 0. The number of carbonyl (C=O) groups is 3. The zero-order chi connectivity index (χ0) is 43.0. The van der Waals surface area contributed by atoms with Crippen LogP contribution < -0.4 is 0 Å². The average molecular weight is 823 g/mol. The lowest BCUT2D eigenvalue weighted by atomic mass is 10.0. The van der Waals surface area contributed by atoms with Crippen LogP contribution >= 0.6 is 0 Å². The van der Waals surface area contributed by atoms with Crippen molar-refractivity contribution in [2.24, 2.45) is 0 Å². The Morgan fingerprint density at radius 2 is 0.797 bits per heavy atom. The van der Waals surface area contributed by atoms with Gasteiger partial charge in [0.2, 0.25) is 0 Å². The van der Waals surface area contributed by atoms with E-state index in [1.165, 1.54) is 103 Å². The minimum Gasteiger partial charge on any atom is -0.462 e. The van der Waals surface area contributed by atoms with Gasteiger partial charge < -0.3 is 14.2 Å². The van der Waals surface area contributed by atoms with E-state index < -0.39 is 12.1 Å². The molecule has 0 rings (SSSR count).